The lowest BCUT2D eigenvalue weighted by Gasteiger charge is -2.27. The molecule has 2 aliphatic rings. The summed E-state index contributed by atoms with van der Waals surface area (Å²) in [5.41, 5.74) is 0.831. The second-order valence-corrected chi connectivity index (χ2v) is 6.99. The van der Waals surface area contributed by atoms with Gasteiger partial charge in [-0.25, -0.2) is 19.5 Å². The Morgan fingerprint density at radius 1 is 1.40 bits per heavy atom. The average molecular weight is 373 g/mol. The fourth-order valence-corrected chi connectivity index (χ4v) is 3.87. The maximum Gasteiger partial charge on any atom is 0.472 e. The monoisotopic (exact) mass is 373 g/mol. The Morgan fingerprint density at radius 2 is 2.24 bits per heavy atom. The van der Waals surface area contributed by atoms with Gasteiger partial charge in [-0.2, -0.15) is 0 Å². The van der Waals surface area contributed by atoms with Crippen LogP contribution in [0.2, 0.25) is 0 Å². The molecule has 5 atom stereocenters. The molecule has 2 aliphatic heterocycles. The van der Waals surface area contributed by atoms with Gasteiger partial charge < -0.3 is 25.2 Å². The lowest BCUT2D eigenvalue weighted by Crippen LogP contribution is -2.39. The molecule has 12 nitrogen and oxygen atoms in total. The second kappa shape index (κ2) is 6.25. The molecule has 4 heterocycles. The number of phosphoric acid groups is 1. The first-order chi connectivity index (χ1) is 12.0. The van der Waals surface area contributed by atoms with Gasteiger partial charge in [0.15, 0.2) is 23.2 Å². The molecule has 13 heteroatoms. The van der Waals surface area contributed by atoms with Gasteiger partial charge in [0.2, 0.25) is 0 Å². The number of nitrogens with zero attached hydrogens (tertiary/aromatic N) is 4. The van der Waals surface area contributed by atoms with Crippen LogP contribution in [0.1, 0.15) is 6.23 Å². The van der Waals surface area contributed by atoms with Crippen LogP contribution < -0.4 is 5.32 Å². The number of hydrogen-bond acceptors (Lipinski definition) is 10. The Morgan fingerprint density at radius 3 is 3.04 bits per heavy atom. The van der Waals surface area contributed by atoms with Gasteiger partial charge in [-0.1, -0.05) is 0 Å². The predicted octanol–water partition coefficient (Wildman–Crippen LogP) is -0.995. The van der Waals surface area contributed by atoms with Gasteiger partial charge in [0.1, 0.15) is 24.6 Å². The molecule has 4 N–H and O–H groups in total. The van der Waals surface area contributed by atoms with Crippen molar-refractivity contribution in [2.24, 2.45) is 0 Å². The molecule has 2 saturated heterocycles. The van der Waals surface area contributed by atoms with Crippen molar-refractivity contribution >= 4 is 24.8 Å². The molecule has 0 bridgehead atoms. The number of aliphatic hydroxyl groups excluding tert-OH is 2. The van der Waals surface area contributed by atoms with E-state index < -0.39 is 32.4 Å². The van der Waals surface area contributed by atoms with Crippen LogP contribution in [0.4, 0.5) is 5.82 Å². The van der Waals surface area contributed by atoms with Gasteiger partial charge in [0.05, 0.1) is 19.5 Å². The number of aromatic nitrogens is 4. The highest BCUT2D eigenvalue weighted by atomic mass is 31.2. The van der Waals surface area contributed by atoms with Gasteiger partial charge in [-0.3, -0.25) is 13.6 Å². The molecule has 1 unspecified atom stereocenters. The number of fused-ring (bicyclic) bond motifs is 2. The standard InChI is InChI=1S/C12H16N5O7P/c18-2-1-13-10-7-11(15-4-14-10)17(5-16-7)12-8(19)9-6(23-12)3-22-25(20,21)24-9/h4-6,8-9,12,18-19H,1-3H2,(H,20,21)(H,13,14,15)/t6-,8-,9-,12-/m1/s1. The molecule has 2 fully saturated rings. The minimum absolute atomic E-state index is 0.0709. The summed E-state index contributed by atoms with van der Waals surface area (Å²) in [4.78, 5) is 21.9. The van der Waals surface area contributed by atoms with Crippen molar-refractivity contribution in [3.05, 3.63) is 12.7 Å². The first-order valence-corrected chi connectivity index (χ1v) is 9.01. The third-order valence-electron chi connectivity index (χ3n) is 4.00. The molecule has 0 amide bonds. The van der Waals surface area contributed by atoms with Crippen molar-refractivity contribution in [2.75, 3.05) is 25.1 Å². The molecule has 2 aromatic rings. The average Bonchev–Trinajstić information content (AvgIpc) is 3.14. The summed E-state index contributed by atoms with van der Waals surface area (Å²) in [6.45, 7) is 0.0537. The van der Waals surface area contributed by atoms with Crippen molar-refractivity contribution in [3.8, 4) is 0 Å². The highest BCUT2D eigenvalue weighted by Gasteiger charge is 2.52. The van der Waals surface area contributed by atoms with E-state index >= 15 is 0 Å². The van der Waals surface area contributed by atoms with Crippen LogP contribution in [0.25, 0.3) is 11.2 Å². The van der Waals surface area contributed by atoms with Crippen LogP contribution in [-0.2, 0) is 18.3 Å². The van der Waals surface area contributed by atoms with Crippen molar-refractivity contribution in [1.29, 1.82) is 0 Å². The van der Waals surface area contributed by atoms with Crippen molar-refractivity contribution < 1.29 is 33.5 Å². The number of imidazole rings is 1. The third-order valence-corrected chi connectivity index (χ3v) is 4.99. The number of phosphoric ester groups is 1. The lowest BCUT2D eigenvalue weighted by molar-refractivity contribution is -0.0664. The minimum atomic E-state index is -4.19. The van der Waals surface area contributed by atoms with E-state index in [4.69, 9.17) is 18.9 Å². The van der Waals surface area contributed by atoms with Gasteiger partial charge >= 0.3 is 7.82 Å². The Hall–Kier alpha value is -1.66. The number of anilines is 1. The predicted molar refractivity (Wildman–Crippen MR) is 81.5 cm³/mol. The molecular formula is C12H16N5O7P. The summed E-state index contributed by atoms with van der Waals surface area (Å²) in [5.74, 6) is 0.433. The largest absolute Gasteiger partial charge is 0.472 e. The Kier molecular flexibility index (Phi) is 4.20. The van der Waals surface area contributed by atoms with Crippen molar-refractivity contribution in [1.82, 2.24) is 19.5 Å². The van der Waals surface area contributed by atoms with Crippen molar-refractivity contribution in [2.45, 2.75) is 24.5 Å². The van der Waals surface area contributed by atoms with Crippen LogP contribution >= 0.6 is 7.82 Å². The van der Waals surface area contributed by atoms with E-state index in [1.165, 1.54) is 17.2 Å². The van der Waals surface area contributed by atoms with Crippen LogP contribution in [0.3, 0.4) is 0 Å². The minimum Gasteiger partial charge on any atom is -0.395 e. The summed E-state index contributed by atoms with van der Waals surface area (Å²) >= 11 is 0. The Balaban J connectivity index is 1.65. The Bertz CT molecular complexity index is 831. The maximum atomic E-state index is 11.5. The number of hydrogen-bond donors (Lipinski definition) is 4. The van der Waals surface area contributed by atoms with E-state index in [2.05, 4.69) is 20.3 Å². The lowest BCUT2D eigenvalue weighted by atomic mass is 10.1. The van der Waals surface area contributed by atoms with Crippen LogP contribution in [0, 0.1) is 0 Å². The molecule has 0 radical (unpaired) electrons. The third kappa shape index (κ3) is 2.91. The van der Waals surface area contributed by atoms with E-state index in [1.807, 2.05) is 0 Å². The smallest absolute Gasteiger partial charge is 0.395 e. The van der Waals surface area contributed by atoms with E-state index in [9.17, 15) is 14.6 Å². The van der Waals surface area contributed by atoms with E-state index in [0.29, 0.717) is 23.5 Å². The summed E-state index contributed by atoms with van der Waals surface area (Å²) in [5, 5.41) is 22.3. The number of aliphatic hydroxyl groups is 2. The van der Waals surface area contributed by atoms with E-state index in [-0.39, 0.29) is 13.2 Å². The van der Waals surface area contributed by atoms with Crippen molar-refractivity contribution in [3.63, 3.8) is 0 Å². The number of nitrogens with one attached hydrogen (secondary N) is 1. The van der Waals surface area contributed by atoms with E-state index in [0.717, 1.165) is 0 Å². The summed E-state index contributed by atoms with van der Waals surface area (Å²) in [7, 11) is -4.19. The zero-order valence-corrected chi connectivity index (χ0v) is 13.7. The van der Waals surface area contributed by atoms with Gasteiger partial charge in [-0.15, -0.1) is 0 Å². The topological polar surface area (TPSA) is 161 Å². The SMILES string of the molecule is O=P1(O)OC[C@H]2O[C@@H](n3cnc4c(NCCO)ncnc43)[C@H](O)[C@@H]2O1. The van der Waals surface area contributed by atoms with Gasteiger partial charge in [-0.05, 0) is 0 Å². The molecule has 25 heavy (non-hydrogen) atoms. The molecule has 2 aromatic heterocycles. The molecule has 0 aliphatic carbocycles. The molecule has 4 rings (SSSR count). The second-order valence-electron chi connectivity index (χ2n) is 5.59. The normalized spacial score (nSPS) is 35.0. The Labute approximate surface area is 141 Å². The summed E-state index contributed by atoms with van der Waals surface area (Å²) < 4.78 is 28.4. The first-order valence-electron chi connectivity index (χ1n) is 7.52. The zero-order valence-electron chi connectivity index (χ0n) is 12.8. The quantitative estimate of drug-likeness (QED) is 0.487. The highest BCUT2D eigenvalue weighted by molar-refractivity contribution is 7.47. The molecule has 0 saturated carbocycles. The zero-order chi connectivity index (χ0) is 17.6. The number of ether oxygens (including phenoxy) is 1. The molecular weight excluding hydrogens is 357 g/mol. The van der Waals surface area contributed by atoms with Crippen LogP contribution in [0.5, 0.6) is 0 Å². The van der Waals surface area contributed by atoms with Crippen LogP contribution in [-0.4, -0.2) is 72.7 Å². The highest BCUT2D eigenvalue weighted by Crippen LogP contribution is 2.52. The van der Waals surface area contributed by atoms with Gasteiger partial charge in [0, 0.05) is 6.54 Å². The first kappa shape index (κ1) is 16.8. The fourth-order valence-electron chi connectivity index (χ4n) is 2.91. The summed E-state index contributed by atoms with van der Waals surface area (Å²) in [6, 6.07) is 0. The molecule has 0 aromatic carbocycles. The number of rotatable bonds is 4. The fraction of sp³-hybridized carbons (Fsp3) is 0.583. The van der Waals surface area contributed by atoms with E-state index in [1.54, 1.807) is 0 Å². The maximum absolute atomic E-state index is 11.5. The van der Waals surface area contributed by atoms with Crippen LogP contribution in [0.15, 0.2) is 12.7 Å². The summed E-state index contributed by atoms with van der Waals surface area (Å²) in [6.07, 6.45) is -1.08. The molecule has 136 valence electrons. The molecule has 0 spiro atoms. The van der Waals surface area contributed by atoms with Gasteiger partial charge in [0.25, 0.3) is 0 Å².